The minimum Gasteiger partial charge on any atom is -0.361 e. The van der Waals surface area contributed by atoms with E-state index in [-0.39, 0.29) is 5.56 Å². The van der Waals surface area contributed by atoms with Crippen LogP contribution in [0.4, 0.5) is 10.2 Å². The third-order valence-electron chi connectivity index (χ3n) is 5.99. The van der Waals surface area contributed by atoms with Gasteiger partial charge in [-0.15, -0.1) is 0 Å². The van der Waals surface area contributed by atoms with Gasteiger partial charge < -0.3 is 15.5 Å². The Morgan fingerprint density at radius 3 is 3.03 bits per heavy atom. The number of anilines is 1. The fraction of sp³-hybridized carbons (Fsp3) is 0.333. The number of dihydropyridines is 1. The normalized spacial score (nSPS) is 17.4. The molecule has 2 aliphatic rings. The summed E-state index contributed by atoms with van der Waals surface area (Å²) >= 11 is 0. The Bertz CT molecular complexity index is 1140. The molecule has 3 heterocycles. The molecule has 35 heavy (non-hydrogen) atoms. The Labute approximate surface area is 205 Å². The summed E-state index contributed by atoms with van der Waals surface area (Å²) in [5.41, 5.74) is 2.60. The highest BCUT2D eigenvalue weighted by molar-refractivity contribution is 5.95. The zero-order chi connectivity index (χ0) is 24.5. The predicted molar refractivity (Wildman–Crippen MR) is 138 cm³/mol. The standard InChI is InChI=1S/C27H31FN6O/c1-2-3-4-6-14-30-31-18-22-9-8-10-25(32-22)33-27(35)23-16-21-19-34(26-11-5-7-13-29-26)15-12-20(21)17-24(23)28/h5,7-11,13-14,16-18,25,32H,2-4,6,12,15,19H2,1H3,(H,33,35)/b30-14+,31-18+. The van der Waals surface area contributed by atoms with Crippen LogP contribution in [0.25, 0.3) is 0 Å². The van der Waals surface area contributed by atoms with Crippen LogP contribution in [0, 0.1) is 5.82 Å². The van der Waals surface area contributed by atoms with Gasteiger partial charge in [0, 0.05) is 25.5 Å². The molecule has 1 atom stereocenters. The third kappa shape index (κ3) is 6.62. The van der Waals surface area contributed by atoms with Crippen LogP contribution in [0.5, 0.6) is 0 Å². The predicted octanol–water partition coefficient (Wildman–Crippen LogP) is 4.52. The molecule has 0 saturated carbocycles. The van der Waals surface area contributed by atoms with Crippen LogP contribution in [0.1, 0.15) is 54.1 Å². The molecular formula is C27H31FN6O. The number of aromatic nitrogens is 1. The summed E-state index contributed by atoms with van der Waals surface area (Å²) in [6, 6.07) is 8.92. The van der Waals surface area contributed by atoms with Crippen molar-refractivity contribution in [1.29, 1.82) is 0 Å². The number of nitrogens with zero attached hydrogens (tertiary/aromatic N) is 4. The van der Waals surface area contributed by atoms with Gasteiger partial charge in [-0.05, 0) is 66.8 Å². The first-order valence-corrected chi connectivity index (χ1v) is 12.1. The van der Waals surface area contributed by atoms with Gasteiger partial charge in [0.15, 0.2) is 0 Å². The summed E-state index contributed by atoms with van der Waals surface area (Å²) in [7, 11) is 0. The summed E-state index contributed by atoms with van der Waals surface area (Å²) in [4.78, 5) is 19.5. The molecule has 8 heteroatoms. The van der Waals surface area contributed by atoms with Gasteiger partial charge in [-0.3, -0.25) is 4.79 Å². The van der Waals surface area contributed by atoms with Crippen LogP contribution < -0.4 is 15.5 Å². The van der Waals surface area contributed by atoms with Crippen molar-refractivity contribution in [2.45, 2.75) is 51.7 Å². The Morgan fingerprint density at radius 1 is 1.29 bits per heavy atom. The number of halogens is 1. The van der Waals surface area contributed by atoms with E-state index in [4.69, 9.17) is 0 Å². The molecule has 0 saturated heterocycles. The van der Waals surface area contributed by atoms with Crippen LogP contribution in [0.15, 0.2) is 70.7 Å². The molecule has 1 aromatic carbocycles. The smallest absolute Gasteiger partial charge is 0.256 e. The second-order valence-corrected chi connectivity index (χ2v) is 8.60. The molecular weight excluding hydrogens is 443 g/mol. The van der Waals surface area contributed by atoms with E-state index < -0.39 is 17.9 Å². The number of rotatable bonds is 9. The van der Waals surface area contributed by atoms with Crippen molar-refractivity contribution in [2.24, 2.45) is 10.2 Å². The Hall–Kier alpha value is -3.81. The summed E-state index contributed by atoms with van der Waals surface area (Å²) in [5.74, 6) is -0.118. The van der Waals surface area contributed by atoms with E-state index in [1.54, 1.807) is 30.8 Å². The van der Waals surface area contributed by atoms with Gasteiger partial charge in [0.05, 0.1) is 17.5 Å². The lowest BCUT2D eigenvalue weighted by Gasteiger charge is -2.30. The lowest BCUT2D eigenvalue weighted by atomic mass is 9.96. The molecule has 0 fully saturated rings. The Balaban J connectivity index is 1.36. The topological polar surface area (TPSA) is 82.0 Å². The maximum Gasteiger partial charge on any atom is 0.256 e. The molecule has 0 radical (unpaired) electrons. The van der Waals surface area contributed by atoms with Gasteiger partial charge >= 0.3 is 0 Å². The van der Waals surface area contributed by atoms with Crippen molar-refractivity contribution in [3.05, 3.63) is 83.0 Å². The summed E-state index contributed by atoms with van der Waals surface area (Å²) in [5, 5.41) is 14.1. The number of carbonyl (C=O) groups is 1. The molecule has 0 aliphatic carbocycles. The van der Waals surface area contributed by atoms with E-state index in [9.17, 15) is 9.18 Å². The molecule has 0 spiro atoms. The van der Waals surface area contributed by atoms with Gasteiger partial charge in [0.1, 0.15) is 17.8 Å². The van der Waals surface area contributed by atoms with Crippen LogP contribution in [-0.2, 0) is 13.0 Å². The molecule has 7 nitrogen and oxygen atoms in total. The highest BCUT2D eigenvalue weighted by Crippen LogP contribution is 2.25. The Kier molecular flexibility index (Phi) is 8.38. The first kappa shape index (κ1) is 24.3. The second-order valence-electron chi connectivity index (χ2n) is 8.60. The number of nitrogens with one attached hydrogen (secondary N) is 2. The zero-order valence-corrected chi connectivity index (χ0v) is 20.0. The van der Waals surface area contributed by atoms with Crippen LogP contribution in [0.3, 0.4) is 0 Å². The first-order valence-electron chi connectivity index (χ1n) is 12.1. The van der Waals surface area contributed by atoms with Crippen LogP contribution >= 0.6 is 0 Å². The number of pyridine rings is 1. The average Bonchev–Trinajstić information content (AvgIpc) is 2.88. The molecule has 2 N–H and O–H groups in total. The molecule has 1 aromatic heterocycles. The minimum atomic E-state index is -0.512. The van der Waals surface area contributed by atoms with Gasteiger partial charge in [0.25, 0.3) is 5.91 Å². The lowest BCUT2D eigenvalue weighted by molar-refractivity contribution is 0.0936. The van der Waals surface area contributed by atoms with E-state index in [0.717, 1.165) is 36.3 Å². The van der Waals surface area contributed by atoms with Crippen molar-refractivity contribution >= 4 is 24.2 Å². The van der Waals surface area contributed by atoms with E-state index >= 15 is 0 Å². The maximum absolute atomic E-state index is 14.8. The molecule has 0 bridgehead atoms. The Morgan fingerprint density at radius 2 is 2.20 bits per heavy atom. The van der Waals surface area contributed by atoms with Gasteiger partial charge in [-0.2, -0.15) is 10.2 Å². The quantitative estimate of drug-likeness (QED) is 0.318. The summed E-state index contributed by atoms with van der Waals surface area (Å²) in [6.45, 7) is 3.50. The van der Waals surface area contributed by atoms with Gasteiger partial charge in [0.2, 0.25) is 0 Å². The number of benzene rings is 1. The SMILES string of the molecule is CCCCC/C=N/N=C/C1=CC=CC(NC(=O)c2cc3c(cc2F)CCN(c2ccccn2)C3)N1. The number of hydrogen-bond donors (Lipinski definition) is 2. The van der Waals surface area contributed by atoms with Crippen LogP contribution in [-0.4, -0.2) is 36.0 Å². The lowest BCUT2D eigenvalue weighted by Crippen LogP contribution is -2.45. The number of hydrogen-bond acceptors (Lipinski definition) is 6. The summed E-state index contributed by atoms with van der Waals surface area (Å²) < 4.78 is 14.8. The van der Waals surface area contributed by atoms with Crippen molar-refractivity contribution < 1.29 is 9.18 Å². The fourth-order valence-electron chi connectivity index (χ4n) is 4.11. The largest absolute Gasteiger partial charge is 0.361 e. The number of fused-ring (bicyclic) bond motifs is 1. The van der Waals surface area contributed by atoms with Gasteiger partial charge in [-0.1, -0.05) is 31.9 Å². The van der Waals surface area contributed by atoms with E-state index in [1.165, 1.54) is 18.9 Å². The monoisotopic (exact) mass is 474 g/mol. The number of carbonyl (C=O) groups excluding carboxylic acids is 1. The van der Waals surface area contributed by atoms with Crippen molar-refractivity contribution in [3.63, 3.8) is 0 Å². The molecule has 1 amide bonds. The number of amides is 1. The fourth-order valence-corrected chi connectivity index (χ4v) is 4.11. The molecule has 2 aliphatic heterocycles. The first-order chi connectivity index (χ1) is 17.1. The number of unbranched alkanes of at least 4 members (excludes halogenated alkanes) is 3. The van der Waals surface area contributed by atoms with Crippen molar-refractivity contribution in [2.75, 3.05) is 11.4 Å². The van der Waals surface area contributed by atoms with E-state index in [0.29, 0.717) is 18.7 Å². The van der Waals surface area contributed by atoms with Crippen molar-refractivity contribution in [1.82, 2.24) is 15.6 Å². The third-order valence-corrected chi connectivity index (χ3v) is 5.99. The van der Waals surface area contributed by atoms with E-state index in [2.05, 4.69) is 37.6 Å². The zero-order valence-electron chi connectivity index (χ0n) is 20.0. The highest BCUT2D eigenvalue weighted by Gasteiger charge is 2.23. The average molecular weight is 475 g/mol. The number of allylic oxidation sites excluding steroid dienone is 3. The van der Waals surface area contributed by atoms with E-state index in [1.807, 2.05) is 30.4 Å². The molecule has 1 unspecified atom stereocenters. The minimum absolute atomic E-state index is 0.0308. The highest BCUT2D eigenvalue weighted by atomic mass is 19.1. The van der Waals surface area contributed by atoms with Crippen LogP contribution in [0.2, 0.25) is 0 Å². The van der Waals surface area contributed by atoms with Gasteiger partial charge in [-0.25, -0.2) is 9.37 Å². The second kappa shape index (κ2) is 12.1. The maximum atomic E-state index is 14.8. The molecule has 182 valence electrons. The summed E-state index contributed by atoms with van der Waals surface area (Å²) in [6.07, 6.45) is 15.2. The molecule has 4 rings (SSSR count). The van der Waals surface area contributed by atoms with Crippen molar-refractivity contribution in [3.8, 4) is 0 Å². The molecule has 2 aromatic rings.